The molecule has 6 heteroatoms. The monoisotopic (exact) mass is 1140 g/mol. The van der Waals surface area contributed by atoms with Gasteiger partial charge in [0.05, 0.1) is 0 Å². The van der Waals surface area contributed by atoms with Crippen molar-refractivity contribution in [3.63, 3.8) is 0 Å². The predicted octanol–water partition coefficient (Wildman–Crippen LogP) is 23.7. The van der Waals surface area contributed by atoms with E-state index in [1.807, 2.05) is 0 Å². The molecule has 0 radical (unpaired) electrons. The Labute approximate surface area is 511 Å². The molecule has 0 bridgehead atoms. The molecule has 83 heavy (non-hydrogen) atoms. The molecule has 0 saturated heterocycles. The minimum atomic E-state index is -0.809. The van der Waals surface area contributed by atoms with Crippen molar-refractivity contribution in [2.45, 2.75) is 297 Å². The average Bonchev–Trinajstić information content (AvgIpc) is 3.49. The van der Waals surface area contributed by atoms with Gasteiger partial charge in [0.2, 0.25) is 0 Å². The lowest BCUT2D eigenvalue weighted by atomic mass is 10.0. The first-order chi connectivity index (χ1) is 41.0. The average molecular weight is 1150 g/mol. The maximum absolute atomic E-state index is 13.0. The Kier molecular flexibility index (Phi) is 65.4. The van der Waals surface area contributed by atoms with Crippen molar-refractivity contribution >= 4 is 17.9 Å². The third kappa shape index (κ3) is 67.7. The second-order valence-electron chi connectivity index (χ2n) is 22.0. The van der Waals surface area contributed by atoms with Crippen LogP contribution in [0.15, 0.2) is 158 Å². The highest BCUT2D eigenvalue weighted by Crippen LogP contribution is 2.16. The lowest BCUT2D eigenvalue weighted by Crippen LogP contribution is -2.30. The molecule has 0 spiro atoms. The summed E-state index contributed by atoms with van der Waals surface area (Å²) >= 11 is 0. The third-order valence-corrected chi connectivity index (χ3v) is 14.0. The van der Waals surface area contributed by atoms with E-state index in [1.165, 1.54) is 89.9 Å². The standard InChI is InChI=1S/C77H124O6/c1-4-7-10-13-16-19-22-25-28-30-32-34-36-38-40-42-44-46-49-52-55-58-61-64-67-70-76(79)82-73-74(72-81-75(78)69-66-63-60-57-54-51-48-27-24-21-18-15-12-9-6-3)83-77(80)71-68-65-62-59-56-53-50-47-45-43-41-39-37-35-33-31-29-26-23-20-17-14-11-8-5-2/h7-8,10-11,16-17,19-20,25-26,28-29,32-35,38-41,44-47,52,55,74H,4-6,9,12-15,18,21-24,27,30-31,36-37,42-43,48-51,53-54,56-73H2,1-3H3/b10-7-,11-8-,19-16-,20-17-,28-25-,29-26-,34-32-,35-33-,40-38-,41-39-,46-44-,47-45-,55-52-. The summed E-state index contributed by atoms with van der Waals surface area (Å²) < 4.78 is 16.9. The van der Waals surface area contributed by atoms with Crippen molar-refractivity contribution in [3.8, 4) is 0 Å². The van der Waals surface area contributed by atoms with Crippen molar-refractivity contribution in [3.05, 3.63) is 158 Å². The maximum atomic E-state index is 13.0. The quantitative estimate of drug-likeness (QED) is 0.0261. The van der Waals surface area contributed by atoms with Gasteiger partial charge < -0.3 is 14.2 Å². The number of esters is 3. The van der Waals surface area contributed by atoms with Crippen LogP contribution in [0.25, 0.3) is 0 Å². The van der Waals surface area contributed by atoms with Gasteiger partial charge in [-0.2, -0.15) is 0 Å². The molecule has 0 aliphatic carbocycles. The van der Waals surface area contributed by atoms with Gasteiger partial charge in [0.15, 0.2) is 6.10 Å². The Balaban J connectivity index is 4.49. The van der Waals surface area contributed by atoms with Crippen LogP contribution in [-0.4, -0.2) is 37.2 Å². The fraction of sp³-hybridized carbons (Fsp3) is 0.623. The van der Waals surface area contributed by atoms with E-state index in [0.717, 1.165) is 161 Å². The molecule has 0 fully saturated rings. The van der Waals surface area contributed by atoms with Crippen molar-refractivity contribution in [1.29, 1.82) is 0 Å². The summed E-state index contributed by atoms with van der Waals surface area (Å²) in [6.45, 7) is 6.39. The van der Waals surface area contributed by atoms with Crippen molar-refractivity contribution < 1.29 is 28.6 Å². The second-order valence-corrected chi connectivity index (χ2v) is 22.0. The molecule has 0 aliphatic rings. The number of hydrogen-bond acceptors (Lipinski definition) is 6. The first-order valence-corrected chi connectivity index (χ1v) is 34.0. The number of unbranched alkanes of at least 4 members (excludes halogenated alkanes) is 23. The molecule has 0 aromatic heterocycles. The van der Waals surface area contributed by atoms with Crippen LogP contribution in [0.4, 0.5) is 0 Å². The lowest BCUT2D eigenvalue weighted by molar-refractivity contribution is -0.167. The molecule has 0 aliphatic heterocycles. The minimum absolute atomic E-state index is 0.0989. The summed E-state index contributed by atoms with van der Waals surface area (Å²) in [5.74, 6) is -0.945. The van der Waals surface area contributed by atoms with Gasteiger partial charge in [-0.3, -0.25) is 14.4 Å². The molecule has 1 atom stereocenters. The highest BCUT2D eigenvalue weighted by atomic mass is 16.6. The SMILES string of the molecule is CC/C=C\C/C=C\C/C=C\C/C=C\C/C=C\C/C=C\C/C=C\CCCCCC(=O)OCC(COC(=O)CCCCCCCCCCCCCCCCC)OC(=O)CCCCCCCC/C=C\C/C=C\C/C=C\C/C=C\C/C=C\C/C=C\CC. The minimum Gasteiger partial charge on any atom is -0.462 e. The molecule has 0 rings (SSSR count). The summed E-state index contributed by atoms with van der Waals surface area (Å²) in [7, 11) is 0. The highest BCUT2D eigenvalue weighted by Gasteiger charge is 2.19. The topological polar surface area (TPSA) is 78.9 Å². The molecule has 468 valence electrons. The number of rotatable bonds is 60. The number of ether oxygens (including phenoxy) is 3. The van der Waals surface area contributed by atoms with E-state index in [1.54, 1.807) is 0 Å². The zero-order valence-corrected chi connectivity index (χ0v) is 53.7. The van der Waals surface area contributed by atoms with Crippen LogP contribution in [0, 0.1) is 0 Å². The third-order valence-electron chi connectivity index (χ3n) is 14.0. The summed E-state index contributed by atoms with van der Waals surface area (Å²) in [5.41, 5.74) is 0. The van der Waals surface area contributed by atoms with E-state index in [0.29, 0.717) is 19.3 Å². The molecule has 0 N–H and O–H groups in total. The maximum Gasteiger partial charge on any atom is 0.306 e. The lowest BCUT2D eigenvalue weighted by Gasteiger charge is -2.18. The molecular weight excluding hydrogens is 1020 g/mol. The molecular formula is C77H124O6. The van der Waals surface area contributed by atoms with E-state index in [4.69, 9.17) is 14.2 Å². The first-order valence-electron chi connectivity index (χ1n) is 34.0. The van der Waals surface area contributed by atoms with Crippen LogP contribution in [0.2, 0.25) is 0 Å². The van der Waals surface area contributed by atoms with Gasteiger partial charge >= 0.3 is 17.9 Å². The van der Waals surface area contributed by atoms with Crippen LogP contribution in [0.3, 0.4) is 0 Å². The number of carbonyl (C=O) groups is 3. The highest BCUT2D eigenvalue weighted by molar-refractivity contribution is 5.71. The molecule has 0 amide bonds. The van der Waals surface area contributed by atoms with Crippen LogP contribution >= 0.6 is 0 Å². The van der Waals surface area contributed by atoms with Crippen LogP contribution in [-0.2, 0) is 28.6 Å². The fourth-order valence-corrected chi connectivity index (χ4v) is 9.01. The van der Waals surface area contributed by atoms with Gasteiger partial charge in [-0.1, -0.05) is 301 Å². The Morgan fingerprint density at radius 3 is 0.747 bits per heavy atom. The molecule has 0 heterocycles. The largest absolute Gasteiger partial charge is 0.462 e. The van der Waals surface area contributed by atoms with Crippen molar-refractivity contribution in [1.82, 2.24) is 0 Å². The molecule has 1 unspecified atom stereocenters. The van der Waals surface area contributed by atoms with E-state index in [2.05, 4.69) is 179 Å². The van der Waals surface area contributed by atoms with Crippen LogP contribution < -0.4 is 0 Å². The van der Waals surface area contributed by atoms with Crippen LogP contribution in [0.5, 0.6) is 0 Å². The molecule has 6 nitrogen and oxygen atoms in total. The molecule has 0 aromatic rings. The smallest absolute Gasteiger partial charge is 0.306 e. The summed E-state index contributed by atoms with van der Waals surface area (Å²) in [6.07, 6.45) is 101. The number of allylic oxidation sites excluding steroid dienone is 26. The van der Waals surface area contributed by atoms with Gasteiger partial charge in [0, 0.05) is 19.3 Å². The van der Waals surface area contributed by atoms with Crippen molar-refractivity contribution in [2.24, 2.45) is 0 Å². The summed E-state index contributed by atoms with van der Waals surface area (Å²) in [5, 5.41) is 0. The summed E-state index contributed by atoms with van der Waals surface area (Å²) in [4.78, 5) is 38.4. The van der Waals surface area contributed by atoms with Gasteiger partial charge in [0.25, 0.3) is 0 Å². The van der Waals surface area contributed by atoms with E-state index < -0.39 is 6.10 Å². The summed E-state index contributed by atoms with van der Waals surface area (Å²) in [6, 6.07) is 0. The van der Waals surface area contributed by atoms with Gasteiger partial charge in [-0.15, -0.1) is 0 Å². The Morgan fingerprint density at radius 1 is 0.253 bits per heavy atom. The molecule has 0 saturated carbocycles. The Morgan fingerprint density at radius 2 is 0.470 bits per heavy atom. The van der Waals surface area contributed by atoms with E-state index in [9.17, 15) is 14.4 Å². The van der Waals surface area contributed by atoms with E-state index >= 15 is 0 Å². The second kappa shape index (κ2) is 69.5. The Hall–Kier alpha value is -4.97. The fourth-order valence-electron chi connectivity index (χ4n) is 9.01. The van der Waals surface area contributed by atoms with Crippen LogP contribution in [0.1, 0.15) is 290 Å². The zero-order chi connectivity index (χ0) is 59.9. The van der Waals surface area contributed by atoms with E-state index in [-0.39, 0.29) is 31.1 Å². The van der Waals surface area contributed by atoms with Gasteiger partial charge in [-0.25, -0.2) is 0 Å². The normalized spacial score (nSPS) is 13.1. The Bertz CT molecular complexity index is 1840. The molecule has 0 aromatic carbocycles. The van der Waals surface area contributed by atoms with Gasteiger partial charge in [0.1, 0.15) is 13.2 Å². The predicted molar refractivity (Wildman–Crippen MR) is 362 cm³/mol. The zero-order valence-electron chi connectivity index (χ0n) is 53.7. The number of hydrogen-bond donors (Lipinski definition) is 0. The van der Waals surface area contributed by atoms with Gasteiger partial charge in [-0.05, 0) is 128 Å². The van der Waals surface area contributed by atoms with Crippen molar-refractivity contribution in [2.75, 3.05) is 13.2 Å². The number of carbonyl (C=O) groups excluding carboxylic acids is 3. The first kappa shape index (κ1) is 78.0.